The lowest BCUT2D eigenvalue weighted by Gasteiger charge is -2.15. The van der Waals surface area contributed by atoms with Crippen LogP contribution in [0.4, 0.5) is 5.88 Å². The number of H-pyrrole nitrogens is 1. The number of fused-ring (bicyclic) bond motifs is 2. The van der Waals surface area contributed by atoms with Crippen LogP contribution in [-0.4, -0.2) is 27.9 Å². The first-order valence-corrected chi connectivity index (χ1v) is 11.5. The van der Waals surface area contributed by atoms with Crippen molar-refractivity contribution in [1.29, 1.82) is 0 Å². The maximum Gasteiger partial charge on any atom is 0.259 e. The average molecular weight is 503 g/mol. The van der Waals surface area contributed by atoms with E-state index in [1.54, 1.807) is 48.6 Å². The molecule has 38 heavy (non-hydrogen) atoms. The molecule has 6 rings (SSSR count). The molecule has 0 spiro atoms. The van der Waals surface area contributed by atoms with Crippen LogP contribution in [0, 0.1) is 0 Å². The van der Waals surface area contributed by atoms with Crippen LogP contribution in [0.15, 0.2) is 97.9 Å². The molecule has 0 bridgehead atoms. The molecule has 0 atom stereocenters. The van der Waals surface area contributed by atoms with Crippen LogP contribution in [0.5, 0.6) is 5.75 Å². The van der Waals surface area contributed by atoms with Crippen LogP contribution in [0.2, 0.25) is 0 Å². The number of nitrogens with one attached hydrogen (secondary N) is 2. The third kappa shape index (κ3) is 3.70. The van der Waals surface area contributed by atoms with Crippen molar-refractivity contribution in [3.05, 3.63) is 127 Å². The number of aliphatic imine (C=N–C) groups is 1. The number of anilines is 1. The minimum atomic E-state index is -0.751. The number of phenols is 1. The first-order valence-electron chi connectivity index (χ1n) is 11.5. The summed E-state index contributed by atoms with van der Waals surface area (Å²) in [4.78, 5) is 59.0. The van der Waals surface area contributed by atoms with E-state index < -0.39 is 11.3 Å². The predicted octanol–water partition coefficient (Wildman–Crippen LogP) is 1.87. The molecule has 0 fully saturated rings. The topological polar surface area (TPSA) is 142 Å². The lowest BCUT2D eigenvalue weighted by molar-refractivity contribution is -0.109. The molecule has 9 nitrogen and oxygen atoms in total. The molecule has 0 radical (unpaired) electrons. The van der Waals surface area contributed by atoms with E-state index in [1.165, 1.54) is 36.6 Å². The Balaban J connectivity index is 1.65. The van der Waals surface area contributed by atoms with Crippen molar-refractivity contribution in [3.8, 4) is 5.75 Å². The number of aromatic amines is 1. The molecule has 3 heterocycles. The molecule has 1 aliphatic heterocycles. The number of carbonyl (C=O) groups is 2. The number of carbonyl (C=O) groups excluding carboxylic acids is 2. The summed E-state index contributed by atoms with van der Waals surface area (Å²) in [6, 6.07) is 13.9. The Bertz CT molecular complexity index is 2040. The fourth-order valence-electron chi connectivity index (χ4n) is 4.35. The van der Waals surface area contributed by atoms with Gasteiger partial charge in [0.15, 0.2) is 5.78 Å². The van der Waals surface area contributed by atoms with E-state index in [-0.39, 0.29) is 61.5 Å². The molecule has 0 unspecified atom stereocenters. The van der Waals surface area contributed by atoms with Gasteiger partial charge in [-0.05, 0) is 42.5 Å². The largest absolute Gasteiger partial charge is 0.507 e. The maximum atomic E-state index is 13.3. The fraction of sp³-hybridized carbons (Fsp3) is 0. The number of phenolic OH excluding ortho intramolecular Hbond substituents is 1. The highest BCUT2D eigenvalue weighted by Crippen LogP contribution is 2.23. The number of pyridine rings is 1. The van der Waals surface area contributed by atoms with Gasteiger partial charge in [0.1, 0.15) is 22.7 Å². The van der Waals surface area contributed by atoms with E-state index >= 15 is 0 Å². The van der Waals surface area contributed by atoms with E-state index in [0.717, 1.165) is 0 Å². The first-order chi connectivity index (χ1) is 18.4. The molecular weight excluding hydrogens is 486 g/mol. The summed E-state index contributed by atoms with van der Waals surface area (Å²) >= 11 is 0. The van der Waals surface area contributed by atoms with Gasteiger partial charge in [0.05, 0.1) is 21.9 Å². The normalized spacial score (nSPS) is 16.9. The molecule has 0 saturated carbocycles. The van der Waals surface area contributed by atoms with Gasteiger partial charge in [-0.15, -0.1) is 0 Å². The van der Waals surface area contributed by atoms with E-state index in [9.17, 15) is 24.3 Å². The number of allylic oxidation sites excluding steroid dienone is 4. The van der Waals surface area contributed by atoms with Crippen LogP contribution >= 0.6 is 0 Å². The molecule has 2 aliphatic rings. The van der Waals surface area contributed by atoms with Crippen molar-refractivity contribution in [3.63, 3.8) is 0 Å². The SMILES string of the molecule is O=C1C=CC=C/C1=c1\[nH]c(=O)c(C(=O)c2ccccc2O)c\c1=C1/N=Cc2c(oc3ccccc3c2=O)N1. The van der Waals surface area contributed by atoms with Gasteiger partial charge in [0.25, 0.3) is 5.56 Å². The lowest BCUT2D eigenvalue weighted by Crippen LogP contribution is -2.42. The number of para-hydroxylation sites is 2. The van der Waals surface area contributed by atoms with Gasteiger partial charge in [-0.2, -0.15) is 0 Å². The molecule has 9 heteroatoms. The van der Waals surface area contributed by atoms with Crippen molar-refractivity contribution < 1.29 is 19.1 Å². The molecule has 184 valence electrons. The summed E-state index contributed by atoms with van der Waals surface area (Å²) in [5, 5.41) is 13.9. The van der Waals surface area contributed by atoms with Gasteiger partial charge in [0, 0.05) is 17.0 Å². The first kappa shape index (κ1) is 22.9. The Morgan fingerprint density at radius 2 is 1.68 bits per heavy atom. The molecule has 1 aliphatic carbocycles. The summed E-state index contributed by atoms with van der Waals surface area (Å²) in [7, 11) is 0. The third-order valence-electron chi connectivity index (χ3n) is 6.23. The number of aromatic hydroxyl groups is 1. The summed E-state index contributed by atoms with van der Waals surface area (Å²) in [5.74, 6) is -1.10. The second kappa shape index (κ2) is 8.82. The highest BCUT2D eigenvalue weighted by Gasteiger charge is 2.22. The standard InChI is InChI=1S/C29H17N3O6/c33-21-10-4-1-7-15(21)24-18(13-19(28(37)31-24)25(35)16-8-2-5-11-22(16)34)27-30-14-20-26(36)17-9-3-6-12-23(17)38-29(20)32-27/h1-14,32,34H,(H,31,37)/b24-15+,27-18-. The summed E-state index contributed by atoms with van der Waals surface area (Å²) < 4.78 is 5.92. The zero-order valence-corrected chi connectivity index (χ0v) is 19.5. The zero-order chi connectivity index (χ0) is 26.4. The number of ketones is 2. The smallest absolute Gasteiger partial charge is 0.259 e. The summed E-state index contributed by atoms with van der Waals surface area (Å²) in [5.41, 5.74) is -0.625. The Morgan fingerprint density at radius 1 is 0.921 bits per heavy atom. The van der Waals surface area contributed by atoms with Gasteiger partial charge in [-0.1, -0.05) is 36.4 Å². The Hall–Kier alpha value is -5.57. The summed E-state index contributed by atoms with van der Waals surface area (Å²) in [6.07, 6.45) is 7.43. The van der Waals surface area contributed by atoms with E-state index in [1.807, 2.05) is 0 Å². The molecule has 0 saturated heterocycles. The monoisotopic (exact) mass is 503 g/mol. The van der Waals surface area contributed by atoms with Gasteiger partial charge < -0.3 is 19.8 Å². The van der Waals surface area contributed by atoms with Crippen LogP contribution in [0.1, 0.15) is 21.5 Å². The van der Waals surface area contributed by atoms with Crippen LogP contribution in [0.25, 0.3) is 22.4 Å². The van der Waals surface area contributed by atoms with E-state index in [0.29, 0.717) is 11.0 Å². The third-order valence-corrected chi connectivity index (χ3v) is 6.23. The van der Waals surface area contributed by atoms with Gasteiger partial charge >= 0.3 is 0 Å². The summed E-state index contributed by atoms with van der Waals surface area (Å²) in [6.45, 7) is 0. The number of hydrogen-bond donors (Lipinski definition) is 3. The predicted molar refractivity (Wildman–Crippen MR) is 142 cm³/mol. The minimum absolute atomic E-state index is 0.0613. The maximum absolute atomic E-state index is 13.3. The number of benzene rings is 2. The molecule has 2 aromatic carbocycles. The quantitative estimate of drug-likeness (QED) is 0.355. The van der Waals surface area contributed by atoms with Crippen LogP contribution in [0.3, 0.4) is 0 Å². The van der Waals surface area contributed by atoms with Crippen molar-refractivity contribution in [2.75, 3.05) is 5.32 Å². The Labute approximate surface area is 213 Å². The number of hydrogen-bond acceptors (Lipinski definition) is 8. The van der Waals surface area contributed by atoms with Gasteiger partial charge in [-0.3, -0.25) is 19.2 Å². The second-order valence-electron chi connectivity index (χ2n) is 8.55. The number of aromatic nitrogens is 1. The van der Waals surface area contributed by atoms with Crippen molar-refractivity contribution in [2.45, 2.75) is 0 Å². The number of nitrogens with zero attached hydrogens (tertiary/aromatic N) is 1. The van der Waals surface area contributed by atoms with Crippen LogP contribution in [-0.2, 0) is 4.79 Å². The van der Waals surface area contributed by atoms with Crippen LogP contribution < -0.4 is 26.9 Å². The average Bonchev–Trinajstić information content (AvgIpc) is 2.93. The molecule has 2 aromatic heterocycles. The fourth-order valence-corrected chi connectivity index (χ4v) is 4.35. The second-order valence-corrected chi connectivity index (χ2v) is 8.55. The van der Waals surface area contributed by atoms with Gasteiger partial charge in [-0.25, -0.2) is 4.99 Å². The lowest BCUT2D eigenvalue weighted by atomic mass is 10.0. The highest BCUT2D eigenvalue weighted by molar-refractivity contribution is 6.25. The van der Waals surface area contributed by atoms with E-state index in [2.05, 4.69) is 15.3 Å². The molecule has 3 N–H and O–H groups in total. The van der Waals surface area contributed by atoms with E-state index in [4.69, 9.17) is 4.42 Å². The zero-order valence-electron chi connectivity index (χ0n) is 19.5. The Morgan fingerprint density at radius 3 is 2.50 bits per heavy atom. The molecule has 0 amide bonds. The van der Waals surface area contributed by atoms with Crippen molar-refractivity contribution in [1.82, 2.24) is 4.98 Å². The van der Waals surface area contributed by atoms with Crippen molar-refractivity contribution >= 4 is 46.0 Å². The highest BCUT2D eigenvalue weighted by atomic mass is 16.3. The Kier molecular flexibility index (Phi) is 5.31. The number of rotatable bonds is 2. The minimum Gasteiger partial charge on any atom is -0.507 e. The molecule has 4 aromatic rings. The van der Waals surface area contributed by atoms with Gasteiger partial charge in [0.2, 0.25) is 17.1 Å². The van der Waals surface area contributed by atoms with Crippen molar-refractivity contribution in [2.24, 2.45) is 4.99 Å². The molecular formula is C29H17N3O6.